The number of fused-ring (bicyclic) bond motifs is 2. The summed E-state index contributed by atoms with van der Waals surface area (Å²) in [5.41, 5.74) is 2.54. The van der Waals surface area contributed by atoms with Gasteiger partial charge < -0.3 is 15.2 Å². The molecule has 39 heavy (non-hydrogen) atoms. The maximum atomic E-state index is 13.2. The Bertz CT molecular complexity index is 1630. The fraction of sp³-hybridized carbons (Fsp3) is 0.250. The van der Waals surface area contributed by atoms with Gasteiger partial charge in [0.05, 0.1) is 27.9 Å². The summed E-state index contributed by atoms with van der Waals surface area (Å²) in [5, 5.41) is 13.7. The summed E-state index contributed by atoms with van der Waals surface area (Å²) in [7, 11) is 0. The SMILES string of the molecule is Cc1nc2c(O)cc(C(=O)NCCc3cc4c(c(-c5ccc(C(F)(F)F)c(Cl)c5)n3)OCC4C)cc2cc1Cl. The van der Waals surface area contributed by atoms with E-state index in [2.05, 4.69) is 15.3 Å². The van der Waals surface area contributed by atoms with E-state index in [4.69, 9.17) is 27.9 Å². The number of benzene rings is 2. The van der Waals surface area contributed by atoms with Crippen LogP contribution in [0.4, 0.5) is 13.2 Å². The molecule has 1 amide bonds. The van der Waals surface area contributed by atoms with Crippen molar-refractivity contribution in [1.29, 1.82) is 0 Å². The van der Waals surface area contributed by atoms with Crippen LogP contribution in [-0.4, -0.2) is 34.1 Å². The summed E-state index contributed by atoms with van der Waals surface area (Å²) in [6.45, 7) is 4.34. The number of amides is 1. The van der Waals surface area contributed by atoms with E-state index in [-0.39, 0.29) is 23.8 Å². The molecule has 0 saturated heterocycles. The number of hydrogen-bond acceptors (Lipinski definition) is 5. The Morgan fingerprint density at radius 1 is 1.13 bits per heavy atom. The van der Waals surface area contributed by atoms with Gasteiger partial charge in [0.15, 0.2) is 0 Å². The van der Waals surface area contributed by atoms with Crippen molar-refractivity contribution in [3.8, 4) is 22.8 Å². The van der Waals surface area contributed by atoms with Gasteiger partial charge in [-0.3, -0.25) is 4.79 Å². The molecule has 0 bridgehead atoms. The number of phenolic OH excluding ortho intramolecular Hbond substituents is 1. The Kier molecular flexibility index (Phi) is 7.07. The summed E-state index contributed by atoms with van der Waals surface area (Å²) in [4.78, 5) is 21.8. The van der Waals surface area contributed by atoms with Gasteiger partial charge in [-0.2, -0.15) is 13.2 Å². The number of carbonyl (C=O) groups is 1. The lowest BCUT2D eigenvalue weighted by molar-refractivity contribution is -0.137. The normalized spacial score (nSPS) is 14.8. The largest absolute Gasteiger partial charge is 0.506 e. The van der Waals surface area contributed by atoms with Gasteiger partial charge in [-0.25, -0.2) is 9.97 Å². The number of aromatic nitrogens is 2. The number of nitrogens with one attached hydrogen (secondary N) is 1. The number of aryl methyl sites for hydroxylation is 1. The summed E-state index contributed by atoms with van der Waals surface area (Å²) in [5.74, 6) is 0.0351. The molecule has 0 fully saturated rings. The van der Waals surface area contributed by atoms with Gasteiger partial charge in [-0.15, -0.1) is 0 Å². The average molecular weight is 576 g/mol. The van der Waals surface area contributed by atoms with Crippen molar-refractivity contribution >= 4 is 40.0 Å². The highest BCUT2D eigenvalue weighted by molar-refractivity contribution is 6.32. The molecule has 0 aliphatic carbocycles. The number of nitrogens with zero attached hydrogens (tertiary/aromatic N) is 2. The molecule has 2 aromatic heterocycles. The van der Waals surface area contributed by atoms with E-state index in [1.165, 1.54) is 18.2 Å². The van der Waals surface area contributed by atoms with Gasteiger partial charge in [0, 0.05) is 46.7 Å². The Morgan fingerprint density at radius 3 is 2.62 bits per heavy atom. The standard InChI is InChI=1S/C28H22Cl2F3N3O3/c1-13-12-39-26-19(13)11-18(36-25(26)15-3-4-20(22(30)8-15)28(31,32)33)5-6-34-27(38)17-7-16-9-21(29)14(2)35-24(16)23(37)10-17/h3-4,7-11,13,37H,5-6,12H2,1-2H3,(H,34,38). The van der Waals surface area contributed by atoms with Gasteiger partial charge in [-0.1, -0.05) is 36.2 Å². The van der Waals surface area contributed by atoms with E-state index < -0.39 is 22.7 Å². The Balaban J connectivity index is 1.37. The second kappa shape index (κ2) is 10.2. The molecule has 2 aromatic carbocycles. The summed E-state index contributed by atoms with van der Waals surface area (Å²) in [6, 6.07) is 9.96. The molecule has 4 aromatic rings. The molecular formula is C28H22Cl2F3N3O3. The lowest BCUT2D eigenvalue weighted by Gasteiger charge is -2.14. The van der Waals surface area contributed by atoms with Crippen molar-refractivity contribution in [2.45, 2.75) is 32.4 Å². The minimum absolute atomic E-state index is 0.0599. The van der Waals surface area contributed by atoms with Gasteiger partial charge in [0.2, 0.25) is 0 Å². The molecule has 1 aliphatic rings. The third-order valence-corrected chi connectivity index (χ3v) is 7.26. The van der Waals surface area contributed by atoms with Crippen LogP contribution in [0.15, 0.2) is 42.5 Å². The minimum Gasteiger partial charge on any atom is -0.506 e. The second-order valence-electron chi connectivity index (χ2n) is 9.41. The molecule has 0 radical (unpaired) electrons. The number of ether oxygens (including phenoxy) is 1. The Hall–Kier alpha value is -3.56. The van der Waals surface area contributed by atoms with Crippen LogP contribution in [0.5, 0.6) is 11.5 Å². The third-order valence-electron chi connectivity index (χ3n) is 6.57. The maximum Gasteiger partial charge on any atom is 0.417 e. The average Bonchev–Trinajstić information content (AvgIpc) is 3.24. The van der Waals surface area contributed by atoms with Crippen molar-refractivity contribution < 1.29 is 27.8 Å². The molecule has 1 unspecified atom stereocenters. The smallest absolute Gasteiger partial charge is 0.417 e. The van der Waals surface area contributed by atoms with Gasteiger partial charge in [-0.05, 0) is 43.3 Å². The first-order valence-corrected chi connectivity index (χ1v) is 12.8. The number of phenols is 1. The first-order valence-electron chi connectivity index (χ1n) is 12.0. The molecule has 0 spiro atoms. The highest BCUT2D eigenvalue weighted by atomic mass is 35.5. The van der Waals surface area contributed by atoms with E-state index in [0.29, 0.717) is 57.3 Å². The first-order chi connectivity index (χ1) is 18.4. The zero-order valence-electron chi connectivity index (χ0n) is 20.8. The van der Waals surface area contributed by atoms with Crippen LogP contribution in [0.25, 0.3) is 22.2 Å². The van der Waals surface area contributed by atoms with Gasteiger partial charge >= 0.3 is 6.18 Å². The topological polar surface area (TPSA) is 84.3 Å². The van der Waals surface area contributed by atoms with Gasteiger partial charge in [0.25, 0.3) is 5.91 Å². The van der Waals surface area contributed by atoms with Crippen LogP contribution < -0.4 is 10.1 Å². The highest BCUT2D eigenvalue weighted by Gasteiger charge is 2.34. The van der Waals surface area contributed by atoms with Crippen LogP contribution in [-0.2, 0) is 12.6 Å². The molecule has 1 aliphatic heterocycles. The fourth-order valence-corrected chi connectivity index (χ4v) is 4.96. The molecule has 202 valence electrons. The van der Waals surface area contributed by atoms with E-state index in [0.717, 1.165) is 11.6 Å². The number of halogens is 5. The Labute approximate surface area is 231 Å². The van der Waals surface area contributed by atoms with E-state index in [1.807, 2.05) is 13.0 Å². The quantitative estimate of drug-likeness (QED) is 0.265. The summed E-state index contributed by atoms with van der Waals surface area (Å²) >= 11 is 12.1. The molecule has 11 heteroatoms. The summed E-state index contributed by atoms with van der Waals surface area (Å²) < 4.78 is 45.4. The first kappa shape index (κ1) is 27.0. The molecular weight excluding hydrogens is 554 g/mol. The zero-order valence-corrected chi connectivity index (χ0v) is 22.3. The number of alkyl halides is 3. The molecule has 6 nitrogen and oxygen atoms in total. The summed E-state index contributed by atoms with van der Waals surface area (Å²) in [6.07, 6.45) is -4.22. The fourth-order valence-electron chi connectivity index (χ4n) is 4.51. The minimum atomic E-state index is -4.57. The molecule has 5 rings (SSSR count). The van der Waals surface area contributed by atoms with E-state index in [9.17, 15) is 23.1 Å². The van der Waals surface area contributed by atoms with Crippen molar-refractivity contribution in [1.82, 2.24) is 15.3 Å². The number of rotatable bonds is 5. The second-order valence-corrected chi connectivity index (χ2v) is 10.2. The third kappa shape index (κ3) is 5.33. The van der Waals surface area contributed by atoms with E-state index in [1.54, 1.807) is 19.1 Å². The predicted octanol–water partition coefficient (Wildman–Crippen LogP) is 7.10. The molecule has 3 heterocycles. The van der Waals surface area contributed by atoms with Crippen molar-refractivity contribution in [2.75, 3.05) is 13.2 Å². The predicted molar refractivity (Wildman–Crippen MR) is 143 cm³/mol. The van der Waals surface area contributed by atoms with Crippen LogP contribution in [0, 0.1) is 6.92 Å². The molecule has 1 atom stereocenters. The lowest BCUT2D eigenvalue weighted by Crippen LogP contribution is -2.26. The molecule has 2 N–H and O–H groups in total. The molecule has 0 saturated carbocycles. The Morgan fingerprint density at radius 2 is 1.90 bits per heavy atom. The van der Waals surface area contributed by atoms with Crippen molar-refractivity contribution in [3.05, 3.63) is 80.6 Å². The zero-order chi connectivity index (χ0) is 28.1. The van der Waals surface area contributed by atoms with Crippen LogP contribution in [0.1, 0.15) is 45.7 Å². The van der Waals surface area contributed by atoms with Crippen LogP contribution in [0.2, 0.25) is 10.0 Å². The van der Waals surface area contributed by atoms with Crippen LogP contribution in [0.3, 0.4) is 0 Å². The van der Waals surface area contributed by atoms with Crippen molar-refractivity contribution in [3.63, 3.8) is 0 Å². The van der Waals surface area contributed by atoms with E-state index >= 15 is 0 Å². The maximum absolute atomic E-state index is 13.2. The number of carbonyl (C=O) groups excluding carboxylic acids is 1. The number of aromatic hydroxyl groups is 1. The number of hydrogen-bond donors (Lipinski definition) is 2. The number of pyridine rings is 2. The van der Waals surface area contributed by atoms with Crippen molar-refractivity contribution in [2.24, 2.45) is 0 Å². The van der Waals surface area contributed by atoms with Gasteiger partial charge in [0.1, 0.15) is 22.7 Å². The lowest BCUT2D eigenvalue weighted by atomic mass is 9.99. The monoisotopic (exact) mass is 575 g/mol. The highest BCUT2D eigenvalue weighted by Crippen LogP contribution is 2.43. The van der Waals surface area contributed by atoms with Crippen LogP contribution >= 0.6 is 23.2 Å².